The maximum Gasteiger partial charge on any atom is 0.315 e. The molecule has 2 rings (SSSR count). The van der Waals surface area contributed by atoms with Gasteiger partial charge in [0, 0.05) is 12.6 Å². The van der Waals surface area contributed by atoms with E-state index in [1.165, 1.54) is 18.9 Å². The van der Waals surface area contributed by atoms with Gasteiger partial charge >= 0.3 is 6.03 Å². The van der Waals surface area contributed by atoms with E-state index in [9.17, 15) is 9.18 Å². The topological polar surface area (TPSA) is 41.1 Å². The van der Waals surface area contributed by atoms with Gasteiger partial charge in [-0.05, 0) is 37.0 Å². The van der Waals surface area contributed by atoms with Gasteiger partial charge in [0.15, 0.2) is 0 Å². The number of halogens is 1. The van der Waals surface area contributed by atoms with Crippen LogP contribution in [0.2, 0.25) is 0 Å². The zero-order chi connectivity index (χ0) is 13.0. The van der Waals surface area contributed by atoms with Gasteiger partial charge in [0.25, 0.3) is 0 Å². The van der Waals surface area contributed by atoms with Crippen LogP contribution in [0.25, 0.3) is 0 Å². The largest absolute Gasteiger partial charge is 0.335 e. The molecule has 1 aromatic carbocycles. The van der Waals surface area contributed by atoms with Crippen molar-refractivity contribution in [3.8, 4) is 0 Å². The highest BCUT2D eigenvalue weighted by Crippen LogP contribution is 2.17. The molecule has 1 aromatic rings. The maximum absolute atomic E-state index is 13.1. The number of aryl methyl sites for hydroxylation is 1. The number of urea groups is 1. The molecule has 0 spiro atoms. The summed E-state index contributed by atoms with van der Waals surface area (Å²) < 4.78 is 13.1. The maximum atomic E-state index is 13.1. The van der Waals surface area contributed by atoms with E-state index in [4.69, 9.17) is 0 Å². The van der Waals surface area contributed by atoms with Crippen molar-refractivity contribution >= 4 is 6.03 Å². The van der Waals surface area contributed by atoms with Crippen molar-refractivity contribution in [1.29, 1.82) is 0 Å². The lowest BCUT2D eigenvalue weighted by molar-refractivity contribution is 0.236. The molecule has 0 bridgehead atoms. The number of hydrogen-bond donors (Lipinski definition) is 2. The molecule has 0 aromatic heterocycles. The van der Waals surface area contributed by atoms with E-state index in [0.29, 0.717) is 18.2 Å². The summed E-state index contributed by atoms with van der Waals surface area (Å²) in [5.74, 6) is -0.214. The van der Waals surface area contributed by atoms with Crippen molar-refractivity contribution in [2.75, 3.05) is 0 Å². The highest BCUT2D eigenvalue weighted by atomic mass is 19.1. The van der Waals surface area contributed by atoms with Gasteiger partial charge in [-0.2, -0.15) is 0 Å². The minimum atomic E-state index is -0.214. The molecule has 0 heterocycles. The molecule has 0 atom stereocenters. The van der Waals surface area contributed by atoms with Crippen LogP contribution in [0.5, 0.6) is 0 Å². The molecule has 1 aliphatic carbocycles. The minimum Gasteiger partial charge on any atom is -0.335 e. The lowest BCUT2D eigenvalue weighted by Gasteiger charge is -2.13. The van der Waals surface area contributed by atoms with Gasteiger partial charge in [-0.3, -0.25) is 0 Å². The molecule has 18 heavy (non-hydrogen) atoms. The van der Waals surface area contributed by atoms with Crippen LogP contribution in [-0.2, 0) is 6.54 Å². The van der Waals surface area contributed by atoms with Crippen molar-refractivity contribution in [2.24, 2.45) is 0 Å². The molecule has 98 valence electrons. The zero-order valence-corrected chi connectivity index (χ0v) is 10.6. The first-order chi connectivity index (χ1) is 8.65. The SMILES string of the molecule is Cc1cc(CNC(=O)NC2CCCC2)ccc1F. The van der Waals surface area contributed by atoms with E-state index in [1.54, 1.807) is 19.1 Å². The molecule has 1 saturated carbocycles. The summed E-state index contributed by atoms with van der Waals surface area (Å²) >= 11 is 0. The second-order valence-electron chi connectivity index (χ2n) is 4.89. The third-order valence-corrected chi connectivity index (χ3v) is 3.37. The molecule has 0 unspecified atom stereocenters. The van der Waals surface area contributed by atoms with Gasteiger partial charge in [-0.25, -0.2) is 9.18 Å². The van der Waals surface area contributed by atoms with E-state index in [1.807, 2.05) is 0 Å². The van der Waals surface area contributed by atoms with Gasteiger partial charge in [-0.15, -0.1) is 0 Å². The van der Waals surface area contributed by atoms with E-state index < -0.39 is 0 Å². The second kappa shape index (κ2) is 5.85. The van der Waals surface area contributed by atoms with E-state index >= 15 is 0 Å². The Bertz CT molecular complexity index is 428. The summed E-state index contributed by atoms with van der Waals surface area (Å²) in [6.45, 7) is 2.15. The fourth-order valence-corrected chi connectivity index (χ4v) is 2.31. The predicted octanol–water partition coefficient (Wildman–Crippen LogP) is 2.88. The quantitative estimate of drug-likeness (QED) is 0.851. The summed E-state index contributed by atoms with van der Waals surface area (Å²) in [7, 11) is 0. The summed E-state index contributed by atoms with van der Waals surface area (Å²) in [5.41, 5.74) is 1.51. The second-order valence-corrected chi connectivity index (χ2v) is 4.89. The van der Waals surface area contributed by atoms with Gasteiger partial charge in [0.1, 0.15) is 5.82 Å². The van der Waals surface area contributed by atoms with Crippen molar-refractivity contribution < 1.29 is 9.18 Å². The van der Waals surface area contributed by atoms with Crippen LogP contribution in [0.4, 0.5) is 9.18 Å². The Morgan fingerprint density at radius 2 is 2.11 bits per heavy atom. The Hall–Kier alpha value is -1.58. The first-order valence-corrected chi connectivity index (χ1v) is 6.44. The van der Waals surface area contributed by atoms with E-state index in [2.05, 4.69) is 10.6 Å². The van der Waals surface area contributed by atoms with E-state index in [0.717, 1.165) is 18.4 Å². The first-order valence-electron chi connectivity index (χ1n) is 6.44. The van der Waals surface area contributed by atoms with Crippen molar-refractivity contribution in [3.05, 3.63) is 35.1 Å². The van der Waals surface area contributed by atoms with E-state index in [-0.39, 0.29) is 11.8 Å². The number of amides is 2. The van der Waals surface area contributed by atoms with Gasteiger partial charge in [0.2, 0.25) is 0 Å². The van der Waals surface area contributed by atoms with Gasteiger partial charge < -0.3 is 10.6 Å². The predicted molar refractivity (Wildman–Crippen MR) is 68.8 cm³/mol. The number of hydrogen-bond acceptors (Lipinski definition) is 1. The smallest absolute Gasteiger partial charge is 0.315 e. The highest BCUT2D eigenvalue weighted by molar-refractivity contribution is 5.74. The standard InChI is InChI=1S/C14H19FN2O/c1-10-8-11(6-7-13(10)15)9-16-14(18)17-12-4-2-3-5-12/h6-8,12H,2-5,9H2,1H3,(H2,16,17,18). The first kappa shape index (κ1) is 12.9. The zero-order valence-electron chi connectivity index (χ0n) is 10.6. The van der Waals surface area contributed by atoms with Gasteiger partial charge in [0.05, 0.1) is 0 Å². The van der Waals surface area contributed by atoms with Crippen LogP contribution in [0.3, 0.4) is 0 Å². The molecule has 3 nitrogen and oxygen atoms in total. The number of carbonyl (C=O) groups excluding carboxylic acids is 1. The lowest BCUT2D eigenvalue weighted by atomic mass is 10.1. The van der Waals surface area contributed by atoms with Crippen LogP contribution < -0.4 is 10.6 Å². The number of rotatable bonds is 3. The molecule has 0 radical (unpaired) electrons. The molecule has 1 fully saturated rings. The number of carbonyl (C=O) groups is 1. The fraction of sp³-hybridized carbons (Fsp3) is 0.500. The average Bonchev–Trinajstić information content (AvgIpc) is 2.83. The van der Waals surface area contributed by atoms with Crippen LogP contribution in [0.15, 0.2) is 18.2 Å². The van der Waals surface area contributed by atoms with Gasteiger partial charge in [-0.1, -0.05) is 25.0 Å². The van der Waals surface area contributed by atoms with Crippen molar-refractivity contribution in [2.45, 2.75) is 45.2 Å². The number of nitrogens with one attached hydrogen (secondary N) is 2. The molecule has 0 saturated heterocycles. The summed E-state index contributed by atoms with van der Waals surface area (Å²) in [6.07, 6.45) is 4.54. The lowest BCUT2D eigenvalue weighted by Crippen LogP contribution is -2.40. The summed E-state index contributed by atoms with van der Waals surface area (Å²) in [4.78, 5) is 11.6. The Labute approximate surface area is 107 Å². The molecule has 2 N–H and O–H groups in total. The van der Waals surface area contributed by atoms with Crippen molar-refractivity contribution in [3.63, 3.8) is 0 Å². The molecular weight excluding hydrogens is 231 g/mol. The Morgan fingerprint density at radius 3 is 2.78 bits per heavy atom. The summed E-state index contributed by atoms with van der Waals surface area (Å²) in [6, 6.07) is 5.06. The third kappa shape index (κ3) is 3.45. The van der Waals surface area contributed by atoms with Crippen LogP contribution >= 0.6 is 0 Å². The number of benzene rings is 1. The third-order valence-electron chi connectivity index (χ3n) is 3.37. The normalized spacial score (nSPS) is 15.7. The Balaban J connectivity index is 1.79. The summed E-state index contributed by atoms with van der Waals surface area (Å²) in [5, 5.41) is 5.75. The highest BCUT2D eigenvalue weighted by Gasteiger charge is 2.16. The Kier molecular flexibility index (Phi) is 4.18. The minimum absolute atomic E-state index is 0.135. The Morgan fingerprint density at radius 1 is 1.39 bits per heavy atom. The van der Waals surface area contributed by atoms with Crippen LogP contribution in [-0.4, -0.2) is 12.1 Å². The fourth-order valence-electron chi connectivity index (χ4n) is 2.31. The van der Waals surface area contributed by atoms with Crippen LogP contribution in [0, 0.1) is 12.7 Å². The van der Waals surface area contributed by atoms with Crippen LogP contribution in [0.1, 0.15) is 36.8 Å². The monoisotopic (exact) mass is 250 g/mol. The molecular formula is C14H19FN2O. The molecule has 0 aliphatic heterocycles. The molecule has 4 heteroatoms. The average molecular weight is 250 g/mol. The molecule has 2 amide bonds. The van der Waals surface area contributed by atoms with Crippen molar-refractivity contribution in [1.82, 2.24) is 10.6 Å². The molecule has 1 aliphatic rings.